The van der Waals surface area contributed by atoms with Crippen LogP contribution in [0.4, 0.5) is 11.4 Å². The van der Waals surface area contributed by atoms with Gasteiger partial charge in [0.15, 0.2) is 6.54 Å². The monoisotopic (exact) mass is 396 g/mol. The van der Waals surface area contributed by atoms with E-state index >= 15 is 0 Å². The van der Waals surface area contributed by atoms with Crippen molar-refractivity contribution in [1.82, 2.24) is 0 Å². The second-order valence-electron chi connectivity index (χ2n) is 6.10. The molecule has 0 spiro atoms. The number of aryl methyl sites for hydroxylation is 1. The van der Waals surface area contributed by atoms with Crippen molar-refractivity contribution >= 4 is 40.5 Å². The van der Waals surface area contributed by atoms with E-state index in [2.05, 4.69) is 5.32 Å². The number of benzene rings is 2. The Hall–Kier alpha value is -2.15. The number of nitro benzene ring substituents is 1. The van der Waals surface area contributed by atoms with E-state index in [1.54, 1.807) is 30.4 Å². The van der Waals surface area contributed by atoms with Crippen LogP contribution in [-0.4, -0.2) is 17.4 Å². The average Bonchev–Trinajstić information content (AvgIpc) is 2.56. The standard InChI is InChI=1S/C18H19Cl2N3O3/c1-10-4-7-16(23(25)26)18(11(10)2)22-17(24)9-21-12(3)14-6-5-13(19)8-15(14)20/h4-8,12,21H,9H2,1-3H3,(H,22,24)/p+1/t12-/m1/s1. The molecule has 0 saturated heterocycles. The molecule has 138 valence electrons. The van der Waals surface area contributed by atoms with Gasteiger partial charge in [0.25, 0.3) is 11.6 Å². The van der Waals surface area contributed by atoms with Gasteiger partial charge in [0.2, 0.25) is 0 Å². The maximum atomic E-state index is 12.3. The van der Waals surface area contributed by atoms with Crippen LogP contribution in [0.3, 0.4) is 0 Å². The number of nitrogens with zero attached hydrogens (tertiary/aromatic N) is 1. The molecule has 0 radical (unpaired) electrons. The Labute approximate surface area is 161 Å². The molecule has 0 aliphatic heterocycles. The first-order valence-corrected chi connectivity index (χ1v) is 8.79. The van der Waals surface area contributed by atoms with Crippen LogP contribution in [0.15, 0.2) is 30.3 Å². The molecule has 6 nitrogen and oxygen atoms in total. The first-order valence-electron chi connectivity index (χ1n) is 8.03. The predicted octanol–water partition coefficient (Wildman–Crippen LogP) is 3.78. The quantitative estimate of drug-likeness (QED) is 0.574. The molecule has 1 amide bonds. The third-order valence-corrected chi connectivity index (χ3v) is 4.85. The van der Waals surface area contributed by atoms with E-state index in [4.69, 9.17) is 23.2 Å². The van der Waals surface area contributed by atoms with E-state index in [1.165, 1.54) is 6.07 Å². The Morgan fingerprint density at radius 1 is 1.27 bits per heavy atom. The van der Waals surface area contributed by atoms with Gasteiger partial charge in [0.05, 0.1) is 9.95 Å². The molecule has 0 bridgehead atoms. The third kappa shape index (κ3) is 4.72. The zero-order valence-electron chi connectivity index (χ0n) is 14.7. The third-order valence-electron chi connectivity index (χ3n) is 4.28. The first kappa shape index (κ1) is 20.2. The molecular weight excluding hydrogens is 377 g/mol. The smallest absolute Gasteiger partial charge is 0.293 e. The lowest BCUT2D eigenvalue weighted by atomic mass is 10.1. The Kier molecular flexibility index (Phi) is 6.58. The first-order chi connectivity index (χ1) is 12.2. The van der Waals surface area contributed by atoms with E-state index in [0.717, 1.165) is 11.1 Å². The second-order valence-corrected chi connectivity index (χ2v) is 6.94. The van der Waals surface area contributed by atoms with E-state index in [9.17, 15) is 14.9 Å². The Morgan fingerprint density at radius 2 is 1.96 bits per heavy atom. The SMILES string of the molecule is Cc1ccc([N+](=O)[O-])c(NC(=O)C[NH2+][C@H](C)c2ccc(Cl)cc2Cl)c1C. The highest BCUT2D eigenvalue weighted by Crippen LogP contribution is 2.30. The van der Waals surface area contributed by atoms with Crippen LogP contribution >= 0.6 is 23.2 Å². The van der Waals surface area contributed by atoms with Crippen LogP contribution in [0.2, 0.25) is 10.0 Å². The van der Waals surface area contributed by atoms with Gasteiger partial charge >= 0.3 is 0 Å². The number of carbonyl (C=O) groups is 1. The Bertz CT molecular complexity index is 856. The van der Waals surface area contributed by atoms with Gasteiger partial charge in [-0.15, -0.1) is 0 Å². The minimum Gasteiger partial charge on any atom is -0.332 e. The summed E-state index contributed by atoms with van der Waals surface area (Å²) >= 11 is 12.1. The summed E-state index contributed by atoms with van der Waals surface area (Å²) in [5.74, 6) is -0.321. The van der Waals surface area contributed by atoms with Crippen LogP contribution < -0.4 is 10.6 Å². The second kappa shape index (κ2) is 8.49. The number of quaternary nitrogens is 1. The van der Waals surface area contributed by atoms with Crippen molar-refractivity contribution < 1.29 is 15.0 Å². The summed E-state index contributed by atoms with van der Waals surface area (Å²) in [6.45, 7) is 5.61. The minimum atomic E-state index is -0.498. The number of halogens is 2. The van der Waals surface area contributed by atoms with E-state index in [0.29, 0.717) is 15.6 Å². The molecule has 2 aromatic carbocycles. The molecule has 0 aliphatic rings. The van der Waals surface area contributed by atoms with E-state index in [-0.39, 0.29) is 29.9 Å². The summed E-state index contributed by atoms with van der Waals surface area (Å²) in [6.07, 6.45) is 0. The fraction of sp³-hybridized carbons (Fsp3) is 0.278. The zero-order valence-corrected chi connectivity index (χ0v) is 16.2. The van der Waals surface area contributed by atoms with Gasteiger partial charge in [-0.3, -0.25) is 14.9 Å². The molecule has 8 heteroatoms. The van der Waals surface area contributed by atoms with Gasteiger partial charge in [-0.05, 0) is 44.0 Å². The van der Waals surface area contributed by atoms with Gasteiger partial charge < -0.3 is 10.6 Å². The summed E-state index contributed by atoms with van der Waals surface area (Å²) in [7, 11) is 0. The van der Waals surface area contributed by atoms with Crippen molar-refractivity contribution in [3.8, 4) is 0 Å². The highest BCUT2D eigenvalue weighted by molar-refractivity contribution is 6.35. The molecular formula is C18H20Cl2N3O3+. The van der Waals surface area contributed by atoms with Gasteiger partial charge in [-0.1, -0.05) is 35.3 Å². The van der Waals surface area contributed by atoms with Crippen molar-refractivity contribution in [3.63, 3.8) is 0 Å². The number of hydrogen-bond donors (Lipinski definition) is 2. The molecule has 0 aromatic heterocycles. The number of nitrogens with two attached hydrogens (primary N) is 1. The fourth-order valence-corrected chi connectivity index (χ4v) is 3.16. The number of carbonyl (C=O) groups excluding carboxylic acids is 1. The normalized spacial score (nSPS) is 11.9. The predicted molar refractivity (Wildman–Crippen MR) is 103 cm³/mol. The van der Waals surface area contributed by atoms with Crippen LogP contribution in [-0.2, 0) is 4.79 Å². The highest BCUT2D eigenvalue weighted by atomic mass is 35.5. The Morgan fingerprint density at radius 3 is 2.58 bits per heavy atom. The summed E-state index contributed by atoms with van der Waals surface area (Å²) in [6, 6.07) is 8.21. The largest absolute Gasteiger partial charge is 0.332 e. The molecule has 2 rings (SSSR count). The lowest BCUT2D eigenvalue weighted by Crippen LogP contribution is -2.86. The molecule has 26 heavy (non-hydrogen) atoms. The van der Waals surface area contributed by atoms with E-state index in [1.807, 2.05) is 19.9 Å². The number of nitro groups is 1. The lowest BCUT2D eigenvalue weighted by Gasteiger charge is -2.14. The van der Waals surface area contributed by atoms with Gasteiger partial charge in [-0.2, -0.15) is 0 Å². The maximum Gasteiger partial charge on any atom is 0.293 e. The fourth-order valence-electron chi connectivity index (χ4n) is 2.58. The van der Waals surface area contributed by atoms with Crippen LogP contribution in [0, 0.1) is 24.0 Å². The van der Waals surface area contributed by atoms with Gasteiger partial charge in [-0.25, -0.2) is 0 Å². The molecule has 0 aliphatic carbocycles. The van der Waals surface area contributed by atoms with Crippen molar-refractivity contribution in [2.75, 3.05) is 11.9 Å². The molecule has 0 unspecified atom stereocenters. The molecule has 0 fully saturated rings. The van der Waals surface area contributed by atoms with Gasteiger partial charge in [0, 0.05) is 16.7 Å². The van der Waals surface area contributed by atoms with E-state index < -0.39 is 4.92 Å². The van der Waals surface area contributed by atoms with Crippen molar-refractivity contribution in [3.05, 3.63) is 67.2 Å². The van der Waals surface area contributed by atoms with Crippen LogP contribution in [0.1, 0.15) is 29.7 Å². The number of anilines is 1. The molecule has 1 atom stereocenters. The van der Waals surface area contributed by atoms with Crippen LogP contribution in [0.5, 0.6) is 0 Å². The minimum absolute atomic E-state index is 0.0703. The lowest BCUT2D eigenvalue weighted by molar-refractivity contribution is -0.682. The molecule has 2 aromatic rings. The van der Waals surface area contributed by atoms with Crippen molar-refractivity contribution in [1.29, 1.82) is 0 Å². The topological polar surface area (TPSA) is 88.9 Å². The summed E-state index contributed by atoms with van der Waals surface area (Å²) in [5, 5.41) is 16.8. The number of nitrogens with one attached hydrogen (secondary N) is 1. The summed E-state index contributed by atoms with van der Waals surface area (Å²) in [4.78, 5) is 23.0. The van der Waals surface area contributed by atoms with Crippen molar-refractivity contribution in [2.24, 2.45) is 0 Å². The van der Waals surface area contributed by atoms with Gasteiger partial charge in [0.1, 0.15) is 11.7 Å². The number of hydrogen-bond acceptors (Lipinski definition) is 3. The highest BCUT2D eigenvalue weighted by Gasteiger charge is 2.21. The Balaban J connectivity index is 2.08. The summed E-state index contributed by atoms with van der Waals surface area (Å²) in [5.41, 5.74) is 2.54. The number of amides is 1. The molecule has 3 N–H and O–H groups in total. The molecule has 0 saturated carbocycles. The summed E-state index contributed by atoms with van der Waals surface area (Å²) < 4.78 is 0. The zero-order chi connectivity index (χ0) is 19.4. The van der Waals surface area contributed by atoms with Crippen LogP contribution in [0.25, 0.3) is 0 Å². The number of rotatable bonds is 6. The maximum absolute atomic E-state index is 12.3. The van der Waals surface area contributed by atoms with Crippen molar-refractivity contribution in [2.45, 2.75) is 26.8 Å². The average molecular weight is 397 g/mol. The molecule has 0 heterocycles.